The van der Waals surface area contributed by atoms with Gasteiger partial charge in [-0.1, -0.05) is 0 Å². The van der Waals surface area contributed by atoms with Crippen LogP contribution in [0, 0.1) is 6.92 Å². The highest BCUT2D eigenvalue weighted by atomic mass is 16.5. The normalized spacial score (nSPS) is 10.6. The molecular formula is C17H16N2O2. The van der Waals surface area contributed by atoms with Crippen molar-refractivity contribution < 1.29 is 9.47 Å². The number of pyridine rings is 1. The van der Waals surface area contributed by atoms with E-state index in [4.69, 9.17) is 15.2 Å². The third-order valence-electron chi connectivity index (χ3n) is 3.21. The predicted molar refractivity (Wildman–Crippen MR) is 84.0 cm³/mol. The molecule has 0 fully saturated rings. The quantitative estimate of drug-likeness (QED) is 0.739. The number of rotatable bonds is 3. The number of nitrogens with zero attached hydrogens (tertiary/aromatic N) is 1. The number of fused-ring (bicyclic) bond motifs is 1. The Morgan fingerprint density at radius 3 is 2.38 bits per heavy atom. The minimum Gasteiger partial charge on any atom is -0.497 e. The molecule has 0 saturated carbocycles. The summed E-state index contributed by atoms with van der Waals surface area (Å²) >= 11 is 0. The van der Waals surface area contributed by atoms with Crippen molar-refractivity contribution >= 4 is 16.6 Å². The van der Waals surface area contributed by atoms with Crippen molar-refractivity contribution in [3.05, 3.63) is 54.2 Å². The molecule has 0 saturated heterocycles. The van der Waals surface area contributed by atoms with Crippen molar-refractivity contribution in [3.63, 3.8) is 0 Å². The van der Waals surface area contributed by atoms with Crippen LogP contribution in [0.5, 0.6) is 17.2 Å². The number of anilines is 1. The van der Waals surface area contributed by atoms with Crippen molar-refractivity contribution in [1.29, 1.82) is 0 Å². The van der Waals surface area contributed by atoms with E-state index in [2.05, 4.69) is 4.98 Å². The van der Waals surface area contributed by atoms with Crippen LogP contribution < -0.4 is 15.2 Å². The Morgan fingerprint density at radius 1 is 0.952 bits per heavy atom. The lowest BCUT2D eigenvalue weighted by atomic mass is 10.1. The van der Waals surface area contributed by atoms with E-state index in [9.17, 15) is 0 Å². The maximum absolute atomic E-state index is 5.98. The van der Waals surface area contributed by atoms with Gasteiger partial charge < -0.3 is 15.2 Å². The first-order chi connectivity index (χ1) is 10.2. The Balaban J connectivity index is 2.04. The Labute approximate surface area is 123 Å². The summed E-state index contributed by atoms with van der Waals surface area (Å²) in [6, 6.07) is 15.0. The van der Waals surface area contributed by atoms with Crippen LogP contribution in [-0.2, 0) is 0 Å². The monoisotopic (exact) mass is 280 g/mol. The molecule has 3 rings (SSSR count). The molecule has 0 bridgehead atoms. The van der Waals surface area contributed by atoms with Crippen molar-refractivity contribution in [2.75, 3.05) is 12.8 Å². The zero-order chi connectivity index (χ0) is 14.8. The second kappa shape index (κ2) is 5.32. The number of aryl methyl sites for hydroxylation is 1. The number of hydrogen-bond acceptors (Lipinski definition) is 4. The van der Waals surface area contributed by atoms with Crippen molar-refractivity contribution in [2.45, 2.75) is 6.92 Å². The van der Waals surface area contributed by atoms with Gasteiger partial charge in [0.1, 0.15) is 17.2 Å². The minimum atomic E-state index is 0.688. The van der Waals surface area contributed by atoms with Crippen molar-refractivity contribution in [1.82, 2.24) is 4.98 Å². The Kier molecular flexibility index (Phi) is 3.36. The van der Waals surface area contributed by atoms with Gasteiger partial charge in [-0.15, -0.1) is 0 Å². The number of hydrogen-bond donors (Lipinski definition) is 1. The fourth-order valence-electron chi connectivity index (χ4n) is 2.19. The maximum atomic E-state index is 5.98. The molecule has 0 atom stereocenters. The van der Waals surface area contributed by atoms with Gasteiger partial charge in [-0.2, -0.15) is 0 Å². The summed E-state index contributed by atoms with van der Waals surface area (Å²) < 4.78 is 11.1. The zero-order valence-corrected chi connectivity index (χ0v) is 12.0. The summed E-state index contributed by atoms with van der Waals surface area (Å²) in [6.07, 6.45) is 0. The van der Waals surface area contributed by atoms with E-state index < -0.39 is 0 Å². The van der Waals surface area contributed by atoms with Crippen LogP contribution in [0.1, 0.15) is 5.69 Å². The Bertz CT molecular complexity index is 783. The van der Waals surface area contributed by atoms with Gasteiger partial charge in [-0.3, -0.25) is 4.98 Å². The molecule has 0 unspecified atom stereocenters. The lowest BCUT2D eigenvalue weighted by Gasteiger charge is -2.11. The molecule has 0 spiro atoms. The summed E-state index contributed by atoms with van der Waals surface area (Å²) in [7, 11) is 1.64. The number of methoxy groups -OCH3 is 1. The molecule has 0 amide bonds. The molecular weight excluding hydrogens is 264 g/mol. The molecule has 4 heteroatoms. The van der Waals surface area contributed by atoms with Crippen LogP contribution >= 0.6 is 0 Å². The molecule has 0 radical (unpaired) electrons. The molecule has 0 aliphatic heterocycles. The van der Waals surface area contributed by atoms with Crippen LogP contribution in [0.15, 0.2) is 48.5 Å². The first-order valence-corrected chi connectivity index (χ1v) is 6.64. The first kappa shape index (κ1) is 13.2. The third-order valence-corrected chi connectivity index (χ3v) is 3.21. The Hall–Kier alpha value is -2.75. The standard InChI is InChI=1S/C17H16N2O2/c1-11-9-17(15-10-12(18)3-8-16(15)19-11)21-14-6-4-13(20-2)5-7-14/h3-10H,18H2,1-2H3. The average Bonchev–Trinajstić information content (AvgIpc) is 2.49. The summed E-state index contributed by atoms with van der Waals surface area (Å²) in [5.74, 6) is 2.28. The molecule has 0 aliphatic rings. The summed E-state index contributed by atoms with van der Waals surface area (Å²) in [4.78, 5) is 4.49. The zero-order valence-electron chi connectivity index (χ0n) is 12.0. The topological polar surface area (TPSA) is 57.4 Å². The lowest BCUT2D eigenvalue weighted by molar-refractivity contribution is 0.413. The number of benzene rings is 2. The fraction of sp³-hybridized carbons (Fsp3) is 0.118. The van der Waals surface area contributed by atoms with Gasteiger partial charge in [0.2, 0.25) is 0 Å². The number of aromatic nitrogens is 1. The van der Waals surface area contributed by atoms with E-state index in [-0.39, 0.29) is 0 Å². The van der Waals surface area contributed by atoms with Gasteiger partial charge in [0.25, 0.3) is 0 Å². The molecule has 3 aromatic rings. The molecule has 4 nitrogen and oxygen atoms in total. The summed E-state index contributed by atoms with van der Waals surface area (Å²) in [6.45, 7) is 1.94. The van der Waals surface area contributed by atoms with E-state index in [1.807, 2.05) is 55.5 Å². The van der Waals surface area contributed by atoms with Crippen LogP contribution in [0.2, 0.25) is 0 Å². The predicted octanol–water partition coefficient (Wildman–Crippen LogP) is 3.93. The van der Waals surface area contributed by atoms with Gasteiger partial charge in [-0.05, 0) is 49.4 Å². The highest BCUT2D eigenvalue weighted by Crippen LogP contribution is 2.31. The molecule has 1 aromatic heterocycles. The van der Waals surface area contributed by atoms with Gasteiger partial charge in [-0.25, -0.2) is 0 Å². The Morgan fingerprint density at radius 2 is 1.67 bits per heavy atom. The smallest absolute Gasteiger partial charge is 0.138 e. The summed E-state index contributed by atoms with van der Waals surface area (Å²) in [5.41, 5.74) is 8.32. The van der Waals surface area contributed by atoms with Crippen LogP contribution in [0.3, 0.4) is 0 Å². The summed E-state index contributed by atoms with van der Waals surface area (Å²) in [5, 5.41) is 0.899. The highest BCUT2D eigenvalue weighted by molar-refractivity contribution is 5.88. The van der Waals surface area contributed by atoms with E-state index in [0.717, 1.165) is 33.8 Å². The molecule has 2 aromatic carbocycles. The molecule has 21 heavy (non-hydrogen) atoms. The van der Waals surface area contributed by atoms with Crippen LogP contribution in [0.4, 0.5) is 5.69 Å². The first-order valence-electron chi connectivity index (χ1n) is 6.64. The molecule has 106 valence electrons. The van der Waals surface area contributed by atoms with E-state index in [1.165, 1.54) is 0 Å². The number of nitrogens with two attached hydrogens (primary N) is 1. The van der Waals surface area contributed by atoms with E-state index in [1.54, 1.807) is 7.11 Å². The van der Waals surface area contributed by atoms with Gasteiger partial charge in [0.05, 0.1) is 12.6 Å². The molecule has 1 heterocycles. The largest absolute Gasteiger partial charge is 0.497 e. The molecule has 2 N–H and O–H groups in total. The van der Waals surface area contributed by atoms with Crippen LogP contribution in [-0.4, -0.2) is 12.1 Å². The average molecular weight is 280 g/mol. The van der Waals surface area contributed by atoms with Crippen molar-refractivity contribution in [2.24, 2.45) is 0 Å². The lowest BCUT2D eigenvalue weighted by Crippen LogP contribution is -1.92. The van der Waals surface area contributed by atoms with Gasteiger partial charge in [0, 0.05) is 22.8 Å². The minimum absolute atomic E-state index is 0.688. The number of ether oxygens (including phenoxy) is 2. The van der Waals surface area contributed by atoms with Crippen LogP contribution in [0.25, 0.3) is 10.9 Å². The second-order valence-electron chi connectivity index (χ2n) is 4.82. The van der Waals surface area contributed by atoms with Gasteiger partial charge in [0.15, 0.2) is 0 Å². The van der Waals surface area contributed by atoms with Gasteiger partial charge >= 0.3 is 0 Å². The van der Waals surface area contributed by atoms with E-state index in [0.29, 0.717) is 5.69 Å². The van der Waals surface area contributed by atoms with E-state index >= 15 is 0 Å². The highest BCUT2D eigenvalue weighted by Gasteiger charge is 2.07. The maximum Gasteiger partial charge on any atom is 0.138 e. The number of nitrogen functional groups attached to an aromatic ring is 1. The van der Waals surface area contributed by atoms with Crippen molar-refractivity contribution in [3.8, 4) is 17.2 Å². The fourth-order valence-corrected chi connectivity index (χ4v) is 2.19. The third kappa shape index (κ3) is 2.74. The second-order valence-corrected chi connectivity index (χ2v) is 4.82. The molecule has 0 aliphatic carbocycles. The SMILES string of the molecule is COc1ccc(Oc2cc(C)nc3ccc(N)cc23)cc1.